The number of aryl methyl sites for hydroxylation is 1. The van der Waals surface area contributed by atoms with E-state index in [-0.39, 0.29) is 17.2 Å². The van der Waals surface area contributed by atoms with Gasteiger partial charge in [-0.05, 0) is 36.8 Å². The van der Waals surface area contributed by atoms with Crippen LogP contribution in [0.3, 0.4) is 0 Å². The Morgan fingerprint density at radius 3 is 2.72 bits per heavy atom. The fraction of sp³-hybridized carbons (Fsp3) is 0.176. The molecule has 3 aromatic rings. The molecule has 0 radical (unpaired) electrons. The summed E-state index contributed by atoms with van der Waals surface area (Å²) in [7, 11) is -2.35. The maximum absolute atomic E-state index is 12.7. The number of ether oxygens (including phenoxy) is 1. The quantitative estimate of drug-likeness (QED) is 0.727. The van der Waals surface area contributed by atoms with Gasteiger partial charge in [0.2, 0.25) is 10.0 Å². The molecule has 0 saturated heterocycles. The lowest BCUT2D eigenvalue weighted by Crippen LogP contribution is -2.24. The van der Waals surface area contributed by atoms with Crippen molar-refractivity contribution < 1.29 is 17.6 Å². The number of benzene rings is 1. The molecule has 3 rings (SSSR count). The molecule has 0 unspecified atom stereocenters. The van der Waals surface area contributed by atoms with E-state index in [1.165, 1.54) is 25.8 Å². The van der Waals surface area contributed by atoms with Crippen LogP contribution in [0.15, 0.2) is 58.3 Å². The largest absolute Gasteiger partial charge is 0.495 e. The van der Waals surface area contributed by atoms with Gasteiger partial charge >= 0.3 is 0 Å². The van der Waals surface area contributed by atoms with Crippen LogP contribution in [0.2, 0.25) is 0 Å². The first-order valence-corrected chi connectivity index (χ1v) is 8.97. The van der Waals surface area contributed by atoms with Crippen LogP contribution in [0, 0.1) is 6.92 Å². The topological polar surface area (TPSA) is 94.3 Å². The second-order valence-corrected chi connectivity index (χ2v) is 7.04. The average Bonchev–Trinajstić information content (AvgIpc) is 3.15. The summed E-state index contributed by atoms with van der Waals surface area (Å²) in [5.41, 5.74) is 1.77. The van der Waals surface area contributed by atoms with E-state index in [1.807, 2.05) is 6.92 Å². The molecule has 0 aliphatic heterocycles. The number of methoxy groups -OCH3 is 1. The Bertz CT molecular complexity index is 969. The van der Waals surface area contributed by atoms with Crippen LogP contribution < -0.4 is 9.46 Å². The van der Waals surface area contributed by atoms with Gasteiger partial charge in [0.1, 0.15) is 16.3 Å². The summed E-state index contributed by atoms with van der Waals surface area (Å²) >= 11 is 0. The minimum Gasteiger partial charge on any atom is -0.495 e. The molecule has 8 heteroatoms. The lowest BCUT2D eigenvalue weighted by atomic mass is 10.2. The summed E-state index contributed by atoms with van der Waals surface area (Å²) in [6, 6.07) is 8.45. The first-order chi connectivity index (χ1) is 12.0. The SMILES string of the molecule is COc1ccc(C)cc1S(=O)(=O)NCc1nccnc1-c1ccco1. The normalized spacial score (nSPS) is 11.4. The monoisotopic (exact) mass is 359 g/mol. The zero-order chi connectivity index (χ0) is 17.9. The highest BCUT2D eigenvalue weighted by Crippen LogP contribution is 2.25. The lowest BCUT2D eigenvalue weighted by molar-refractivity contribution is 0.402. The molecule has 2 aromatic heterocycles. The summed E-state index contributed by atoms with van der Waals surface area (Å²) in [6.07, 6.45) is 4.55. The molecule has 1 N–H and O–H groups in total. The van der Waals surface area contributed by atoms with Crippen molar-refractivity contribution in [2.45, 2.75) is 18.4 Å². The Morgan fingerprint density at radius 2 is 2.00 bits per heavy atom. The fourth-order valence-electron chi connectivity index (χ4n) is 2.35. The van der Waals surface area contributed by atoms with E-state index in [0.717, 1.165) is 5.56 Å². The van der Waals surface area contributed by atoms with Crippen LogP contribution in [0.5, 0.6) is 5.75 Å². The van der Waals surface area contributed by atoms with Crippen molar-refractivity contribution in [1.29, 1.82) is 0 Å². The number of aromatic nitrogens is 2. The zero-order valence-electron chi connectivity index (χ0n) is 13.8. The Balaban J connectivity index is 1.88. The van der Waals surface area contributed by atoms with Gasteiger partial charge in [-0.1, -0.05) is 6.07 Å². The first-order valence-electron chi connectivity index (χ1n) is 7.49. The fourth-order valence-corrected chi connectivity index (χ4v) is 3.59. The number of furan rings is 1. The van der Waals surface area contributed by atoms with Gasteiger partial charge in [-0.3, -0.25) is 4.98 Å². The molecule has 1 aromatic carbocycles. The van der Waals surface area contributed by atoms with Crippen LogP contribution in [0.1, 0.15) is 11.3 Å². The number of nitrogens with zero attached hydrogens (tertiary/aromatic N) is 2. The average molecular weight is 359 g/mol. The second-order valence-electron chi connectivity index (χ2n) is 5.31. The van der Waals surface area contributed by atoms with Crippen molar-refractivity contribution >= 4 is 10.0 Å². The van der Waals surface area contributed by atoms with E-state index in [1.54, 1.807) is 30.3 Å². The summed E-state index contributed by atoms with van der Waals surface area (Å²) in [5, 5.41) is 0. The molecular formula is C17H17N3O4S. The highest BCUT2D eigenvalue weighted by Gasteiger charge is 2.21. The highest BCUT2D eigenvalue weighted by molar-refractivity contribution is 7.89. The molecule has 0 aliphatic rings. The standard InChI is InChI=1S/C17H17N3O4S/c1-12-5-6-14(23-2)16(10-12)25(21,22)20-11-13-17(19-8-7-18-13)15-4-3-9-24-15/h3-10,20H,11H2,1-2H3. The van der Waals surface area contributed by atoms with E-state index in [0.29, 0.717) is 17.1 Å². The van der Waals surface area contributed by atoms with Gasteiger partial charge in [0.05, 0.1) is 25.6 Å². The number of rotatable bonds is 6. The number of nitrogens with one attached hydrogen (secondary N) is 1. The predicted octanol–water partition coefficient (Wildman–Crippen LogP) is 2.53. The van der Waals surface area contributed by atoms with Crippen molar-refractivity contribution in [3.63, 3.8) is 0 Å². The van der Waals surface area contributed by atoms with E-state index in [2.05, 4.69) is 14.7 Å². The van der Waals surface area contributed by atoms with E-state index >= 15 is 0 Å². The molecule has 0 aliphatic carbocycles. The molecule has 130 valence electrons. The van der Waals surface area contributed by atoms with E-state index in [4.69, 9.17) is 9.15 Å². The molecule has 0 amide bonds. The summed E-state index contributed by atoms with van der Waals surface area (Å²) < 4.78 is 38.4. The van der Waals surface area contributed by atoms with Gasteiger partial charge in [0.25, 0.3) is 0 Å². The maximum atomic E-state index is 12.7. The summed E-state index contributed by atoms with van der Waals surface area (Å²) in [6.45, 7) is 1.79. The molecular weight excluding hydrogens is 342 g/mol. The lowest BCUT2D eigenvalue weighted by Gasteiger charge is -2.12. The minimum atomic E-state index is -3.78. The van der Waals surface area contributed by atoms with Gasteiger partial charge < -0.3 is 9.15 Å². The predicted molar refractivity (Wildman–Crippen MR) is 91.5 cm³/mol. The first kappa shape index (κ1) is 17.1. The Labute approximate surface area is 145 Å². The van der Waals surface area contributed by atoms with Crippen molar-refractivity contribution in [3.05, 3.63) is 60.2 Å². The third kappa shape index (κ3) is 3.70. The number of hydrogen-bond donors (Lipinski definition) is 1. The smallest absolute Gasteiger partial charge is 0.244 e. The van der Waals surface area contributed by atoms with Crippen LogP contribution in [-0.4, -0.2) is 25.5 Å². The van der Waals surface area contributed by atoms with Gasteiger partial charge in [-0.2, -0.15) is 0 Å². The highest BCUT2D eigenvalue weighted by atomic mass is 32.2. The molecule has 0 fully saturated rings. The van der Waals surface area contributed by atoms with Crippen LogP contribution in [-0.2, 0) is 16.6 Å². The van der Waals surface area contributed by atoms with Crippen molar-refractivity contribution in [2.24, 2.45) is 0 Å². The Hall–Kier alpha value is -2.71. The molecule has 2 heterocycles. The van der Waals surface area contributed by atoms with Crippen LogP contribution in [0.4, 0.5) is 0 Å². The number of hydrogen-bond acceptors (Lipinski definition) is 6. The third-order valence-electron chi connectivity index (χ3n) is 3.57. The van der Waals surface area contributed by atoms with Crippen molar-refractivity contribution in [2.75, 3.05) is 7.11 Å². The Kier molecular flexibility index (Phi) is 4.82. The van der Waals surface area contributed by atoms with Crippen LogP contribution in [0.25, 0.3) is 11.5 Å². The minimum absolute atomic E-state index is 0.0245. The van der Waals surface area contributed by atoms with Gasteiger partial charge in [0, 0.05) is 12.4 Å². The van der Waals surface area contributed by atoms with Crippen LogP contribution >= 0.6 is 0 Å². The zero-order valence-corrected chi connectivity index (χ0v) is 14.6. The van der Waals surface area contributed by atoms with Crippen molar-refractivity contribution in [1.82, 2.24) is 14.7 Å². The van der Waals surface area contributed by atoms with E-state index < -0.39 is 10.0 Å². The van der Waals surface area contributed by atoms with E-state index in [9.17, 15) is 8.42 Å². The molecule has 0 spiro atoms. The summed E-state index contributed by atoms with van der Waals surface area (Å²) in [4.78, 5) is 8.52. The maximum Gasteiger partial charge on any atom is 0.244 e. The van der Waals surface area contributed by atoms with Gasteiger partial charge in [-0.25, -0.2) is 18.1 Å². The number of sulfonamides is 1. The van der Waals surface area contributed by atoms with Crippen molar-refractivity contribution in [3.8, 4) is 17.2 Å². The molecule has 0 saturated carbocycles. The molecule has 0 bridgehead atoms. The van der Waals surface area contributed by atoms with Gasteiger partial charge in [-0.15, -0.1) is 0 Å². The summed E-state index contributed by atoms with van der Waals surface area (Å²) in [5.74, 6) is 0.805. The molecule has 7 nitrogen and oxygen atoms in total. The Morgan fingerprint density at radius 1 is 1.20 bits per heavy atom. The van der Waals surface area contributed by atoms with Gasteiger partial charge in [0.15, 0.2) is 5.76 Å². The third-order valence-corrected chi connectivity index (χ3v) is 4.99. The molecule has 0 atom stereocenters. The molecule has 25 heavy (non-hydrogen) atoms. The second kappa shape index (κ2) is 7.04.